The van der Waals surface area contributed by atoms with Crippen LogP contribution in [0.25, 0.3) is 11.5 Å². The number of hydrogen-bond donors (Lipinski definition) is 1. The van der Waals surface area contributed by atoms with E-state index in [-0.39, 0.29) is 18.4 Å². The predicted octanol–water partition coefficient (Wildman–Crippen LogP) is 3.64. The summed E-state index contributed by atoms with van der Waals surface area (Å²) in [6, 6.07) is 15.8. The lowest BCUT2D eigenvalue weighted by Crippen LogP contribution is -2.42. The summed E-state index contributed by atoms with van der Waals surface area (Å²) >= 11 is 1.59. The first-order valence-electron chi connectivity index (χ1n) is 9.47. The second-order valence-electron chi connectivity index (χ2n) is 6.65. The number of nitrogens with one attached hydrogen (secondary N) is 1. The Bertz CT molecular complexity index is 991. The minimum Gasteiger partial charge on any atom is -0.454 e. The summed E-state index contributed by atoms with van der Waals surface area (Å²) in [7, 11) is 0. The van der Waals surface area contributed by atoms with Gasteiger partial charge in [0.1, 0.15) is 6.04 Å². The Labute approximate surface area is 179 Å². The number of esters is 1. The van der Waals surface area contributed by atoms with E-state index < -0.39 is 12.0 Å². The molecule has 0 spiro atoms. The first-order chi connectivity index (χ1) is 14.6. The standard InChI is InChI=1S/C22H23N3O4S/c1-15-7-6-10-17(13-15)20(26)23-18(11-12-30-2)22(27)28-14-19-24-25-21(29-19)16-8-4-3-5-9-16/h3-10,13,18H,11-12,14H2,1-2H3,(H,23,26). The number of rotatable bonds is 9. The highest BCUT2D eigenvalue weighted by atomic mass is 32.2. The Kier molecular flexibility index (Phi) is 7.62. The van der Waals surface area contributed by atoms with E-state index in [9.17, 15) is 9.59 Å². The third kappa shape index (κ3) is 5.93. The minimum atomic E-state index is -0.762. The molecule has 30 heavy (non-hydrogen) atoms. The van der Waals surface area contributed by atoms with Gasteiger partial charge in [0.2, 0.25) is 5.89 Å². The van der Waals surface area contributed by atoms with Gasteiger partial charge < -0.3 is 14.5 Å². The zero-order valence-electron chi connectivity index (χ0n) is 16.8. The maximum atomic E-state index is 12.6. The van der Waals surface area contributed by atoms with E-state index in [2.05, 4.69) is 15.5 Å². The monoisotopic (exact) mass is 425 g/mol. The molecule has 2 aromatic carbocycles. The number of carbonyl (C=O) groups is 2. The van der Waals surface area contributed by atoms with Gasteiger partial charge in [0.05, 0.1) is 0 Å². The second-order valence-corrected chi connectivity index (χ2v) is 7.64. The van der Waals surface area contributed by atoms with Crippen molar-refractivity contribution in [3.05, 3.63) is 71.6 Å². The number of ether oxygens (including phenoxy) is 1. The van der Waals surface area contributed by atoms with Crippen molar-refractivity contribution in [1.82, 2.24) is 15.5 Å². The van der Waals surface area contributed by atoms with Crippen molar-refractivity contribution in [1.29, 1.82) is 0 Å². The summed E-state index contributed by atoms with van der Waals surface area (Å²) in [5, 5.41) is 10.7. The second kappa shape index (κ2) is 10.6. The van der Waals surface area contributed by atoms with E-state index in [1.54, 1.807) is 30.0 Å². The van der Waals surface area contributed by atoms with Crippen molar-refractivity contribution in [2.45, 2.75) is 26.0 Å². The molecule has 8 heteroatoms. The fourth-order valence-electron chi connectivity index (χ4n) is 2.76. The molecule has 1 aromatic heterocycles. The fourth-order valence-corrected chi connectivity index (χ4v) is 3.23. The van der Waals surface area contributed by atoms with Gasteiger partial charge in [0, 0.05) is 11.1 Å². The molecule has 156 valence electrons. The van der Waals surface area contributed by atoms with Gasteiger partial charge in [-0.25, -0.2) is 4.79 Å². The molecule has 0 fully saturated rings. The molecule has 1 atom stereocenters. The number of aromatic nitrogens is 2. The van der Waals surface area contributed by atoms with Gasteiger partial charge in [-0.3, -0.25) is 4.79 Å². The Morgan fingerprint density at radius 3 is 2.67 bits per heavy atom. The van der Waals surface area contributed by atoms with E-state index in [0.717, 1.165) is 11.1 Å². The SMILES string of the molecule is CSCCC(NC(=O)c1cccc(C)c1)C(=O)OCc1nnc(-c2ccccc2)o1. The van der Waals surface area contributed by atoms with Crippen molar-refractivity contribution in [2.24, 2.45) is 0 Å². The number of aryl methyl sites for hydroxylation is 1. The largest absolute Gasteiger partial charge is 0.454 e. The van der Waals surface area contributed by atoms with Crippen molar-refractivity contribution in [3.8, 4) is 11.5 Å². The quantitative estimate of drug-likeness (QED) is 0.523. The van der Waals surface area contributed by atoms with Gasteiger partial charge >= 0.3 is 5.97 Å². The van der Waals surface area contributed by atoms with Gasteiger partial charge in [0.25, 0.3) is 11.8 Å². The van der Waals surface area contributed by atoms with E-state index in [0.29, 0.717) is 23.6 Å². The molecule has 3 aromatic rings. The molecule has 3 rings (SSSR count). The highest BCUT2D eigenvalue weighted by Gasteiger charge is 2.23. The molecule has 0 saturated carbocycles. The first kappa shape index (κ1) is 21.6. The molecule has 1 unspecified atom stereocenters. The molecule has 7 nitrogen and oxygen atoms in total. The third-order valence-electron chi connectivity index (χ3n) is 4.31. The Balaban J connectivity index is 1.61. The molecule has 1 heterocycles. The van der Waals surface area contributed by atoms with Crippen molar-refractivity contribution in [3.63, 3.8) is 0 Å². The van der Waals surface area contributed by atoms with Crippen molar-refractivity contribution >= 4 is 23.6 Å². The number of amides is 1. The van der Waals surface area contributed by atoms with Crippen LogP contribution in [0, 0.1) is 6.92 Å². The highest BCUT2D eigenvalue weighted by Crippen LogP contribution is 2.17. The number of carbonyl (C=O) groups excluding carboxylic acids is 2. The molecule has 0 saturated heterocycles. The fraction of sp³-hybridized carbons (Fsp3) is 0.273. The lowest BCUT2D eigenvalue weighted by Gasteiger charge is -2.17. The van der Waals surface area contributed by atoms with E-state index in [4.69, 9.17) is 9.15 Å². The number of thioether (sulfide) groups is 1. The lowest BCUT2D eigenvalue weighted by atomic mass is 10.1. The van der Waals surface area contributed by atoms with Gasteiger partial charge in [-0.1, -0.05) is 35.9 Å². The summed E-state index contributed by atoms with van der Waals surface area (Å²) in [6.45, 7) is 1.75. The van der Waals surface area contributed by atoms with Crippen molar-refractivity contribution < 1.29 is 18.7 Å². The lowest BCUT2D eigenvalue weighted by molar-refractivity contribution is -0.148. The molecular weight excluding hydrogens is 402 g/mol. The van der Waals surface area contributed by atoms with Gasteiger partial charge in [-0.2, -0.15) is 11.8 Å². The van der Waals surface area contributed by atoms with Crippen LogP contribution >= 0.6 is 11.8 Å². The molecule has 0 aliphatic heterocycles. The van der Waals surface area contributed by atoms with Crippen LogP contribution in [0.4, 0.5) is 0 Å². The summed E-state index contributed by atoms with van der Waals surface area (Å²) in [5.74, 6) is 0.395. The number of benzene rings is 2. The maximum absolute atomic E-state index is 12.6. The predicted molar refractivity (Wildman–Crippen MR) is 115 cm³/mol. The zero-order chi connectivity index (χ0) is 21.3. The molecule has 1 amide bonds. The Morgan fingerprint density at radius 2 is 1.93 bits per heavy atom. The summed E-state index contributed by atoms with van der Waals surface area (Å²) < 4.78 is 10.9. The van der Waals surface area contributed by atoms with Crippen molar-refractivity contribution in [2.75, 3.05) is 12.0 Å². The van der Waals surface area contributed by atoms with Gasteiger partial charge in [-0.15, -0.1) is 10.2 Å². The summed E-state index contributed by atoms with van der Waals surface area (Å²) in [5.41, 5.74) is 2.25. The van der Waals surface area contributed by atoms with Crippen LogP contribution in [0.5, 0.6) is 0 Å². The van der Waals surface area contributed by atoms with Gasteiger partial charge in [-0.05, 0) is 49.6 Å². The molecule has 0 radical (unpaired) electrons. The zero-order valence-corrected chi connectivity index (χ0v) is 17.6. The topological polar surface area (TPSA) is 94.3 Å². The third-order valence-corrected chi connectivity index (χ3v) is 4.95. The van der Waals surface area contributed by atoms with Gasteiger partial charge in [0.15, 0.2) is 6.61 Å². The van der Waals surface area contributed by atoms with Crippen LogP contribution in [0.1, 0.15) is 28.2 Å². The average Bonchev–Trinajstić information content (AvgIpc) is 3.24. The highest BCUT2D eigenvalue weighted by molar-refractivity contribution is 7.98. The Hall–Kier alpha value is -3.13. The molecule has 0 aliphatic rings. The summed E-state index contributed by atoms with van der Waals surface area (Å²) in [6.07, 6.45) is 2.39. The van der Waals surface area contributed by atoms with Crippen LogP contribution in [0.2, 0.25) is 0 Å². The molecule has 0 bridgehead atoms. The van der Waals surface area contributed by atoms with Crippen LogP contribution < -0.4 is 5.32 Å². The maximum Gasteiger partial charge on any atom is 0.329 e. The molecule has 1 N–H and O–H groups in total. The Morgan fingerprint density at radius 1 is 1.13 bits per heavy atom. The molecular formula is C22H23N3O4S. The smallest absolute Gasteiger partial charge is 0.329 e. The van der Waals surface area contributed by atoms with Crippen LogP contribution in [-0.4, -0.2) is 40.1 Å². The summed E-state index contributed by atoms with van der Waals surface area (Å²) in [4.78, 5) is 25.1. The van der Waals surface area contributed by atoms with Crippen LogP contribution in [0.3, 0.4) is 0 Å². The van der Waals surface area contributed by atoms with E-state index in [1.807, 2.05) is 49.6 Å². The van der Waals surface area contributed by atoms with Crippen LogP contribution in [-0.2, 0) is 16.1 Å². The van der Waals surface area contributed by atoms with E-state index in [1.165, 1.54) is 0 Å². The number of hydrogen-bond acceptors (Lipinski definition) is 7. The van der Waals surface area contributed by atoms with Crippen LogP contribution in [0.15, 0.2) is 59.0 Å². The molecule has 0 aliphatic carbocycles. The number of nitrogens with zero attached hydrogens (tertiary/aromatic N) is 2. The average molecular weight is 426 g/mol. The van der Waals surface area contributed by atoms with E-state index >= 15 is 0 Å². The normalized spacial score (nSPS) is 11.7. The minimum absolute atomic E-state index is 0.158. The first-order valence-corrected chi connectivity index (χ1v) is 10.9.